The summed E-state index contributed by atoms with van der Waals surface area (Å²) in [7, 11) is 1.86. The maximum absolute atomic E-state index is 13.8. The molecule has 2 aromatic carbocycles. The van der Waals surface area contributed by atoms with Gasteiger partial charge in [-0.2, -0.15) is 5.26 Å². The van der Waals surface area contributed by atoms with E-state index in [4.69, 9.17) is 16.9 Å². The maximum atomic E-state index is 13.8. The highest BCUT2D eigenvalue weighted by atomic mass is 35.5. The first-order valence-corrected chi connectivity index (χ1v) is 6.14. The van der Waals surface area contributed by atoms with Gasteiger partial charge in [-0.1, -0.05) is 23.7 Å². The molecule has 0 amide bonds. The minimum Gasteiger partial charge on any atom is -0.370 e. The van der Waals surface area contributed by atoms with Gasteiger partial charge in [0.05, 0.1) is 16.7 Å². The fourth-order valence-electron chi connectivity index (χ4n) is 1.81. The third-order valence-electron chi connectivity index (χ3n) is 2.88. The molecule has 19 heavy (non-hydrogen) atoms. The van der Waals surface area contributed by atoms with Crippen LogP contribution in [0.4, 0.5) is 10.1 Å². The summed E-state index contributed by atoms with van der Waals surface area (Å²) >= 11 is 5.75. The molecule has 4 heteroatoms. The molecule has 96 valence electrons. The molecule has 0 aliphatic heterocycles. The van der Waals surface area contributed by atoms with Gasteiger partial charge in [-0.05, 0) is 30.3 Å². The van der Waals surface area contributed by atoms with Gasteiger partial charge in [0.15, 0.2) is 0 Å². The molecule has 0 atom stereocenters. The predicted molar refractivity (Wildman–Crippen MR) is 74.7 cm³/mol. The minimum atomic E-state index is -0.385. The molecule has 2 rings (SSSR count). The second-order valence-electron chi connectivity index (χ2n) is 4.23. The van der Waals surface area contributed by atoms with Crippen LogP contribution in [0.1, 0.15) is 11.1 Å². The summed E-state index contributed by atoms with van der Waals surface area (Å²) in [6.45, 7) is 0.415. The van der Waals surface area contributed by atoms with Gasteiger partial charge in [-0.25, -0.2) is 4.39 Å². The van der Waals surface area contributed by atoms with Crippen molar-refractivity contribution in [2.75, 3.05) is 11.9 Å². The Labute approximate surface area is 116 Å². The van der Waals surface area contributed by atoms with Crippen LogP contribution in [0.3, 0.4) is 0 Å². The van der Waals surface area contributed by atoms with Crippen molar-refractivity contribution in [2.24, 2.45) is 0 Å². The number of hydrogen-bond donors (Lipinski definition) is 0. The van der Waals surface area contributed by atoms with Crippen LogP contribution in [0.15, 0.2) is 42.5 Å². The molecule has 0 aliphatic rings. The van der Waals surface area contributed by atoms with Gasteiger partial charge in [-0.3, -0.25) is 0 Å². The summed E-state index contributed by atoms with van der Waals surface area (Å²) in [5.41, 5.74) is 2.06. The van der Waals surface area contributed by atoms with Gasteiger partial charge < -0.3 is 4.90 Å². The van der Waals surface area contributed by atoms with Gasteiger partial charge in [0.25, 0.3) is 0 Å². The van der Waals surface area contributed by atoms with Crippen molar-refractivity contribution >= 4 is 17.3 Å². The Hall–Kier alpha value is -2.05. The summed E-state index contributed by atoms with van der Waals surface area (Å²) in [5.74, 6) is -0.385. The highest BCUT2D eigenvalue weighted by Gasteiger charge is 2.09. The fourth-order valence-corrected chi connectivity index (χ4v) is 2.00. The largest absolute Gasteiger partial charge is 0.370 e. The van der Waals surface area contributed by atoms with Crippen molar-refractivity contribution in [1.82, 2.24) is 0 Å². The number of nitriles is 1. The second kappa shape index (κ2) is 5.73. The molecule has 0 saturated carbocycles. The molecule has 0 aliphatic carbocycles. The van der Waals surface area contributed by atoms with Gasteiger partial charge in [0.2, 0.25) is 0 Å². The first-order chi connectivity index (χ1) is 9.11. The molecule has 0 radical (unpaired) electrons. The molecule has 0 fully saturated rings. The highest BCUT2D eigenvalue weighted by Crippen LogP contribution is 2.21. The van der Waals surface area contributed by atoms with E-state index >= 15 is 0 Å². The zero-order valence-corrected chi connectivity index (χ0v) is 11.2. The van der Waals surface area contributed by atoms with Crippen molar-refractivity contribution in [3.63, 3.8) is 0 Å². The van der Waals surface area contributed by atoms with Crippen molar-refractivity contribution in [1.29, 1.82) is 5.26 Å². The van der Waals surface area contributed by atoms with Crippen LogP contribution in [-0.2, 0) is 6.54 Å². The zero-order chi connectivity index (χ0) is 13.8. The van der Waals surface area contributed by atoms with Crippen molar-refractivity contribution in [2.45, 2.75) is 6.54 Å². The molecular formula is C15H12ClFN2. The average Bonchev–Trinajstić information content (AvgIpc) is 2.44. The van der Waals surface area contributed by atoms with E-state index in [2.05, 4.69) is 6.07 Å². The lowest BCUT2D eigenvalue weighted by Gasteiger charge is -2.20. The first kappa shape index (κ1) is 13.4. The molecule has 0 bridgehead atoms. The van der Waals surface area contributed by atoms with Crippen molar-refractivity contribution in [3.05, 3.63) is 64.4 Å². The molecule has 0 aromatic heterocycles. The Balaban J connectivity index is 2.18. The van der Waals surface area contributed by atoms with Crippen molar-refractivity contribution in [3.8, 4) is 6.07 Å². The van der Waals surface area contributed by atoms with Crippen LogP contribution in [0.5, 0.6) is 0 Å². The van der Waals surface area contributed by atoms with E-state index in [1.165, 1.54) is 6.07 Å². The van der Waals surface area contributed by atoms with Gasteiger partial charge in [0.1, 0.15) is 5.82 Å². The predicted octanol–water partition coefficient (Wildman–Crippen LogP) is 3.99. The fraction of sp³-hybridized carbons (Fsp3) is 0.133. The van der Waals surface area contributed by atoms with Gasteiger partial charge in [-0.15, -0.1) is 0 Å². The Kier molecular flexibility index (Phi) is 4.03. The van der Waals surface area contributed by atoms with Crippen LogP contribution in [0.25, 0.3) is 0 Å². The smallest absolute Gasteiger partial charge is 0.146 e. The summed E-state index contributed by atoms with van der Waals surface area (Å²) < 4.78 is 13.8. The van der Waals surface area contributed by atoms with Gasteiger partial charge >= 0.3 is 0 Å². The van der Waals surface area contributed by atoms with E-state index in [-0.39, 0.29) is 10.8 Å². The lowest BCUT2D eigenvalue weighted by atomic mass is 10.1. The third-order valence-corrected chi connectivity index (χ3v) is 3.17. The van der Waals surface area contributed by atoms with Crippen LogP contribution < -0.4 is 4.90 Å². The standard InChI is InChI=1S/C15H12ClFN2/c1-19(13-7-5-11(9-18)6-8-13)10-12-3-2-4-14(16)15(12)17/h2-8H,10H2,1H3. The van der Waals surface area contributed by atoms with Crippen LogP contribution in [0, 0.1) is 17.1 Å². The van der Waals surface area contributed by atoms with E-state index in [0.29, 0.717) is 17.7 Å². The number of anilines is 1. The second-order valence-corrected chi connectivity index (χ2v) is 4.63. The van der Waals surface area contributed by atoms with Crippen LogP contribution in [-0.4, -0.2) is 7.05 Å². The van der Waals surface area contributed by atoms with E-state index in [9.17, 15) is 4.39 Å². The topological polar surface area (TPSA) is 27.0 Å². The lowest BCUT2D eigenvalue weighted by Crippen LogP contribution is -2.17. The molecule has 0 saturated heterocycles. The molecule has 0 N–H and O–H groups in total. The van der Waals surface area contributed by atoms with Gasteiger partial charge in [0, 0.05) is 24.8 Å². The van der Waals surface area contributed by atoms with Crippen LogP contribution in [0.2, 0.25) is 5.02 Å². The number of hydrogen-bond acceptors (Lipinski definition) is 2. The summed E-state index contributed by atoms with van der Waals surface area (Å²) in [4.78, 5) is 1.90. The Bertz CT molecular complexity index is 617. The molecule has 0 unspecified atom stereocenters. The maximum Gasteiger partial charge on any atom is 0.146 e. The van der Waals surface area contributed by atoms with E-state index in [1.54, 1.807) is 24.3 Å². The monoisotopic (exact) mass is 274 g/mol. The lowest BCUT2D eigenvalue weighted by molar-refractivity contribution is 0.608. The average molecular weight is 275 g/mol. The number of rotatable bonds is 3. The van der Waals surface area contributed by atoms with Crippen molar-refractivity contribution < 1.29 is 4.39 Å². The Morgan fingerprint density at radius 3 is 2.53 bits per heavy atom. The Morgan fingerprint density at radius 2 is 1.89 bits per heavy atom. The highest BCUT2D eigenvalue weighted by molar-refractivity contribution is 6.30. The molecular weight excluding hydrogens is 263 g/mol. The molecule has 2 aromatic rings. The molecule has 2 nitrogen and oxygen atoms in total. The van der Waals surface area contributed by atoms with Crippen LogP contribution >= 0.6 is 11.6 Å². The minimum absolute atomic E-state index is 0.130. The number of nitrogens with zero attached hydrogens (tertiary/aromatic N) is 2. The quantitative estimate of drug-likeness (QED) is 0.846. The first-order valence-electron chi connectivity index (χ1n) is 5.76. The molecule has 0 spiro atoms. The number of benzene rings is 2. The summed E-state index contributed by atoms with van der Waals surface area (Å²) in [6, 6.07) is 14.2. The number of halogens is 2. The van der Waals surface area contributed by atoms with E-state index in [1.807, 2.05) is 24.1 Å². The van der Waals surface area contributed by atoms with E-state index in [0.717, 1.165) is 5.69 Å². The summed E-state index contributed by atoms with van der Waals surface area (Å²) in [5, 5.41) is 8.87. The normalized spacial score (nSPS) is 10.0. The zero-order valence-electron chi connectivity index (χ0n) is 10.4. The van der Waals surface area contributed by atoms with E-state index < -0.39 is 0 Å². The SMILES string of the molecule is CN(Cc1cccc(Cl)c1F)c1ccc(C#N)cc1. The summed E-state index contributed by atoms with van der Waals surface area (Å²) in [6.07, 6.45) is 0. The third kappa shape index (κ3) is 3.04. The molecule has 0 heterocycles. The Morgan fingerprint density at radius 1 is 1.21 bits per heavy atom.